The second kappa shape index (κ2) is 6.09. The van der Waals surface area contributed by atoms with Crippen LogP contribution >= 0.6 is 0 Å². The standard InChI is InChI=1S/C23H27N7/c1-13-24-19(11-20(25-13)30-21(15-9-10-15)26-14(2)28-30)23(3)12-16(23)22-27-17-7-5-6-8-18(17)29(22)4/h5-8,11,15-18H,9-10,12H2,1-4H3/t16-,17?,18?,23?/m1/s1. The molecule has 3 unspecified atom stereocenters. The molecule has 0 saturated heterocycles. The van der Waals surface area contributed by atoms with Gasteiger partial charge in [0.2, 0.25) is 0 Å². The van der Waals surface area contributed by atoms with E-state index in [1.54, 1.807) is 0 Å². The van der Waals surface area contributed by atoms with E-state index in [1.807, 2.05) is 18.5 Å². The summed E-state index contributed by atoms with van der Waals surface area (Å²) in [7, 11) is 2.17. The highest BCUT2D eigenvalue weighted by Gasteiger charge is 2.58. The smallest absolute Gasteiger partial charge is 0.159 e. The van der Waals surface area contributed by atoms with Crippen LogP contribution in [0.25, 0.3) is 5.82 Å². The molecule has 0 amide bonds. The van der Waals surface area contributed by atoms with E-state index in [4.69, 9.17) is 15.0 Å². The fraction of sp³-hybridized carbons (Fsp3) is 0.522. The SMILES string of the molecule is Cc1nc(-n2nc(C)nc2C2CC2)cc(C2(C)C[C@@H]2C2=NC3C=CC=CC3N2C)n1. The Kier molecular flexibility index (Phi) is 3.65. The van der Waals surface area contributed by atoms with Crippen molar-refractivity contribution in [3.8, 4) is 5.82 Å². The number of fused-ring (bicyclic) bond motifs is 1. The second-order valence-corrected chi connectivity index (χ2v) is 9.39. The van der Waals surface area contributed by atoms with Crippen LogP contribution in [0.3, 0.4) is 0 Å². The number of aromatic nitrogens is 5. The molecule has 0 bridgehead atoms. The fourth-order valence-electron chi connectivity index (χ4n) is 4.98. The molecule has 3 aliphatic carbocycles. The zero-order valence-electron chi connectivity index (χ0n) is 17.9. The molecule has 0 spiro atoms. The quantitative estimate of drug-likeness (QED) is 0.787. The second-order valence-electron chi connectivity index (χ2n) is 9.39. The summed E-state index contributed by atoms with van der Waals surface area (Å²) >= 11 is 0. The van der Waals surface area contributed by atoms with Gasteiger partial charge in [-0.3, -0.25) is 4.99 Å². The van der Waals surface area contributed by atoms with Crippen molar-refractivity contribution in [2.45, 2.75) is 63.5 Å². The summed E-state index contributed by atoms with van der Waals surface area (Å²) in [6.07, 6.45) is 12.1. The Hall–Kier alpha value is -2.83. The predicted octanol–water partition coefficient (Wildman–Crippen LogP) is 3.04. The minimum atomic E-state index is -0.0220. The first-order chi connectivity index (χ1) is 14.4. The molecule has 154 valence electrons. The first-order valence-corrected chi connectivity index (χ1v) is 10.9. The van der Waals surface area contributed by atoms with Crippen LogP contribution in [-0.4, -0.2) is 54.6 Å². The largest absolute Gasteiger partial charge is 0.354 e. The summed E-state index contributed by atoms with van der Waals surface area (Å²) in [4.78, 5) is 21.6. The maximum absolute atomic E-state index is 5.06. The third-order valence-corrected chi connectivity index (χ3v) is 7.02. The highest BCUT2D eigenvalue weighted by molar-refractivity contribution is 5.91. The Morgan fingerprint density at radius 1 is 1.03 bits per heavy atom. The van der Waals surface area contributed by atoms with Gasteiger partial charge in [0.25, 0.3) is 0 Å². The number of aryl methyl sites for hydroxylation is 2. The van der Waals surface area contributed by atoms with E-state index in [1.165, 1.54) is 18.7 Å². The summed E-state index contributed by atoms with van der Waals surface area (Å²) in [6, 6.07) is 2.70. The summed E-state index contributed by atoms with van der Waals surface area (Å²) < 4.78 is 1.94. The molecule has 2 aromatic heterocycles. The lowest BCUT2D eigenvalue weighted by atomic mass is 10.00. The van der Waals surface area contributed by atoms with E-state index in [-0.39, 0.29) is 11.5 Å². The summed E-state index contributed by atoms with van der Waals surface area (Å²) in [5.41, 5.74) is 1.06. The van der Waals surface area contributed by atoms with Crippen LogP contribution in [0, 0.1) is 19.8 Å². The number of nitrogens with zero attached hydrogens (tertiary/aromatic N) is 7. The van der Waals surface area contributed by atoms with Crippen molar-refractivity contribution in [3.63, 3.8) is 0 Å². The van der Waals surface area contributed by atoms with Gasteiger partial charge in [0, 0.05) is 30.4 Å². The van der Waals surface area contributed by atoms with E-state index in [0.717, 1.165) is 35.4 Å². The number of hydrogen-bond acceptors (Lipinski definition) is 6. The third-order valence-electron chi connectivity index (χ3n) is 7.02. The molecule has 4 atom stereocenters. The predicted molar refractivity (Wildman–Crippen MR) is 115 cm³/mol. The number of aliphatic imine (C=N–C) groups is 1. The van der Waals surface area contributed by atoms with Gasteiger partial charge in [-0.05, 0) is 33.1 Å². The van der Waals surface area contributed by atoms with Gasteiger partial charge in [0.15, 0.2) is 5.82 Å². The van der Waals surface area contributed by atoms with Gasteiger partial charge >= 0.3 is 0 Å². The molecular weight excluding hydrogens is 374 g/mol. The molecule has 2 fully saturated rings. The van der Waals surface area contributed by atoms with Crippen LogP contribution in [0.1, 0.15) is 55.3 Å². The maximum atomic E-state index is 5.06. The topological polar surface area (TPSA) is 72.1 Å². The van der Waals surface area contributed by atoms with Crippen molar-refractivity contribution < 1.29 is 0 Å². The van der Waals surface area contributed by atoms with Crippen molar-refractivity contribution in [2.24, 2.45) is 10.9 Å². The lowest BCUT2D eigenvalue weighted by Gasteiger charge is -2.25. The van der Waals surface area contributed by atoms with Crippen LogP contribution in [0.2, 0.25) is 0 Å². The Bertz CT molecular complexity index is 1120. The first-order valence-electron chi connectivity index (χ1n) is 10.9. The summed E-state index contributed by atoms with van der Waals surface area (Å²) in [6.45, 7) is 6.23. The van der Waals surface area contributed by atoms with E-state index >= 15 is 0 Å². The van der Waals surface area contributed by atoms with E-state index in [9.17, 15) is 0 Å². The highest BCUT2D eigenvalue weighted by Crippen LogP contribution is 2.55. The Balaban J connectivity index is 1.34. The fourth-order valence-corrected chi connectivity index (χ4v) is 4.98. The number of rotatable bonds is 4. The van der Waals surface area contributed by atoms with Gasteiger partial charge in [-0.2, -0.15) is 4.68 Å². The van der Waals surface area contributed by atoms with Gasteiger partial charge < -0.3 is 4.90 Å². The average molecular weight is 402 g/mol. The van der Waals surface area contributed by atoms with Gasteiger partial charge in [0.1, 0.15) is 23.3 Å². The molecule has 3 heterocycles. The summed E-state index contributed by atoms with van der Waals surface area (Å²) in [5.74, 6) is 5.57. The van der Waals surface area contributed by atoms with Crippen LogP contribution in [0.5, 0.6) is 0 Å². The third kappa shape index (κ3) is 2.67. The number of allylic oxidation sites excluding steroid dienone is 2. The molecule has 1 aliphatic heterocycles. The Morgan fingerprint density at radius 3 is 2.60 bits per heavy atom. The highest BCUT2D eigenvalue weighted by atomic mass is 15.4. The first kappa shape index (κ1) is 18.0. The lowest BCUT2D eigenvalue weighted by molar-refractivity contribution is 0.426. The molecule has 7 heteroatoms. The van der Waals surface area contributed by atoms with E-state index in [0.29, 0.717) is 17.9 Å². The molecular formula is C23H27N7. The molecule has 4 aliphatic rings. The molecule has 0 radical (unpaired) electrons. The van der Waals surface area contributed by atoms with Crippen molar-refractivity contribution >= 4 is 5.84 Å². The minimum Gasteiger partial charge on any atom is -0.354 e. The monoisotopic (exact) mass is 401 g/mol. The molecule has 6 rings (SSSR count). The van der Waals surface area contributed by atoms with Gasteiger partial charge in [0.05, 0.1) is 17.8 Å². The molecule has 0 N–H and O–H groups in total. The Morgan fingerprint density at radius 2 is 1.83 bits per heavy atom. The van der Waals surface area contributed by atoms with Gasteiger partial charge in [-0.1, -0.05) is 31.2 Å². The zero-order chi connectivity index (χ0) is 20.6. The van der Waals surface area contributed by atoms with Crippen molar-refractivity contribution in [1.29, 1.82) is 0 Å². The number of amidine groups is 1. The van der Waals surface area contributed by atoms with Crippen LogP contribution in [0.4, 0.5) is 0 Å². The average Bonchev–Trinajstić information content (AvgIpc) is 3.62. The van der Waals surface area contributed by atoms with E-state index in [2.05, 4.69) is 59.3 Å². The van der Waals surface area contributed by atoms with Gasteiger partial charge in [-0.25, -0.2) is 15.0 Å². The van der Waals surface area contributed by atoms with E-state index < -0.39 is 0 Å². The molecule has 2 aromatic rings. The van der Waals surface area contributed by atoms with Crippen LogP contribution in [-0.2, 0) is 5.41 Å². The Labute approximate surface area is 176 Å². The van der Waals surface area contributed by atoms with Crippen molar-refractivity contribution in [1.82, 2.24) is 29.6 Å². The van der Waals surface area contributed by atoms with Crippen LogP contribution < -0.4 is 0 Å². The normalized spacial score (nSPS) is 31.8. The molecule has 0 aromatic carbocycles. The summed E-state index contributed by atoms with van der Waals surface area (Å²) in [5, 5.41) is 4.65. The van der Waals surface area contributed by atoms with Crippen LogP contribution in [0.15, 0.2) is 35.4 Å². The lowest BCUT2D eigenvalue weighted by Crippen LogP contribution is -2.36. The van der Waals surface area contributed by atoms with Crippen molar-refractivity contribution in [3.05, 3.63) is 53.5 Å². The van der Waals surface area contributed by atoms with Crippen molar-refractivity contribution in [2.75, 3.05) is 7.05 Å². The molecule has 7 nitrogen and oxygen atoms in total. The minimum absolute atomic E-state index is 0.0220. The number of likely N-dealkylation sites (N-methyl/N-ethyl adjacent to an activating group) is 1. The molecule has 30 heavy (non-hydrogen) atoms. The maximum Gasteiger partial charge on any atom is 0.159 e. The zero-order valence-corrected chi connectivity index (χ0v) is 17.9. The number of hydrogen-bond donors (Lipinski definition) is 0. The van der Waals surface area contributed by atoms with Gasteiger partial charge in [-0.15, -0.1) is 5.10 Å². The molecule has 2 saturated carbocycles.